The monoisotopic (exact) mass is 297 g/mol. The molecule has 0 fully saturated rings. The van der Waals surface area contributed by atoms with Crippen LogP contribution in [0.4, 0.5) is 0 Å². The van der Waals surface area contributed by atoms with Crippen LogP contribution in [0.3, 0.4) is 0 Å². The average Bonchev–Trinajstić information content (AvgIpc) is 2.91. The Morgan fingerprint density at radius 3 is 2.68 bits per heavy atom. The van der Waals surface area contributed by atoms with Crippen molar-refractivity contribution < 1.29 is 14.1 Å². The van der Waals surface area contributed by atoms with Crippen LogP contribution in [0.1, 0.15) is 33.3 Å². The largest absolute Gasteiger partial charge is 0.452 e. The molecule has 0 saturated carbocycles. The quantitative estimate of drug-likeness (QED) is 0.692. The molecular formula is C16H15N3O3. The summed E-state index contributed by atoms with van der Waals surface area (Å²) in [5.74, 6) is 0.338. The van der Waals surface area contributed by atoms with Crippen molar-refractivity contribution in [2.45, 2.75) is 27.4 Å². The van der Waals surface area contributed by atoms with E-state index < -0.39 is 5.97 Å². The number of aromatic nitrogens is 3. The number of fused-ring (bicyclic) bond motifs is 1. The molecule has 1 aromatic carbocycles. The molecule has 0 aliphatic carbocycles. The van der Waals surface area contributed by atoms with Crippen LogP contribution in [-0.2, 0) is 11.3 Å². The van der Waals surface area contributed by atoms with Crippen LogP contribution in [0.15, 0.2) is 28.8 Å². The van der Waals surface area contributed by atoms with Gasteiger partial charge in [0.1, 0.15) is 0 Å². The minimum absolute atomic E-state index is 0.0502. The molecule has 0 aliphatic heterocycles. The zero-order valence-electron chi connectivity index (χ0n) is 12.6. The summed E-state index contributed by atoms with van der Waals surface area (Å²) in [5, 5.41) is 4.59. The van der Waals surface area contributed by atoms with Gasteiger partial charge in [-0.1, -0.05) is 23.4 Å². The van der Waals surface area contributed by atoms with Crippen molar-refractivity contribution in [3.8, 4) is 0 Å². The molecule has 2 aromatic heterocycles. The molecule has 0 bridgehead atoms. The first-order valence-corrected chi connectivity index (χ1v) is 6.88. The molecule has 0 N–H and O–H groups in total. The van der Waals surface area contributed by atoms with E-state index in [9.17, 15) is 4.79 Å². The molecule has 3 rings (SSSR count). The van der Waals surface area contributed by atoms with E-state index in [0.717, 1.165) is 16.5 Å². The predicted molar refractivity (Wildman–Crippen MR) is 79.4 cm³/mol. The van der Waals surface area contributed by atoms with Crippen molar-refractivity contribution in [1.82, 2.24) is 15.1 Å². The van der Waals surface area contributed by atoms with Crippen LogP contribution in [-0.4, -0.2) is 21.1 Å². The second-order valence-corrected chi connectivity index (χ2v) is 5.03. The fraction of sp³-hybridized carbons (Fsp3) is 0.250. The van der Waals surface area contributed by atoms with E-state index in [1.54, 1.807) is 13.8 Å². The standard InChI is InChI=1S/C16H15N3O3/c1-9-12-6-4-5-7-13(12)17-10(2)15(9)16(20)21-8-14-18-11(3)19-22-14/h4-7H,8H2,1-3H3. The number of hydrogen-bond acceptors (Lipinski definition) is 6. The SMILES string of the molecule is Cc1noc(COC(=O)c2c(C)nc3ccccc3c2C)n1. The van der Waals surface area contributed by atoms with Crippen LogP contribution in [0.2, 0.25) is 0 Å². The summed E-state index contributed by atoms with van der Waals surface area (Å²) < 4.78 is 10.2. The lowest BCUT2D eigenvalue weighted by Crippen LogP contribution is -2.11. The summed E-state index contributed by atoms with van der Waals surface area (Å²) in [7, 11) is 0. The Balaban J connectivity index is 1.90. The number of hydrogen-bond donors (Lipinski definition) is 0. The lowest BCUT2D eigenvalue weighted by Gasteiger charge is -2.11. The molecule has 0 spiro atoms. The second kappa shape index (κ2) is 5.55. The Morgan fingerprint density at radius 2 is 1.95 bits per heavy atom. The molecule has 112 valence electrons. The van der Waals surface area contributed by atoms with Gasteiger partial charge >= 0.3 is 5.97 Å². The first kappa shape index (κ1) is 14.2. The highest BCUT2D eigenvalue weighted by Gasteiger charge is 2.18. The Bertz CT molecular complexity index is 855. The van der Waals surface area contributed by atoms with Crippen LogP contribution in [0.5, 0.6) is 0 Å². The Kier molecular flexibility index (Phi) is 3.58. The summed E-state index contributed by atoms with van der Waals surface area (Å²) >= 11 is 0. The Labute approximate surface area is 127 Å². The number of benzene rings is 1. The van der Waals surface area contributed by atoms with Gasteiger partial charge in [0, 0.05) is 5.39 Å². The molecule has 2 heterocycles. The van der Waals surface area contributed by atoms with Crippen LogP contribution in [0.25, 0.3) is 10.9 Å². The first-order chi connectivity index (χ1) is 10.6. The maximum atomic E-state index is 12.4. The third kappa shape index (κ3) is 2.55. The minimum atomic E-state index is -0.441. The highest BCUT2D eigenvalue weighted by atomic mass is 16.6. The molecule has 0 amide bonds. The van der Waals surface area contributed by atoms with Crippen LogP contribution in [0, 0.1) is 20.8 Å². The number of pyridine rings is 1. The molecular weight excluding hydrogens is 282 g/mol. The number of carbonyl (C=O) groups is 1. The molecule has 0 radical (unpaired) electrons. The highest BCUT2D eigenvalue weighted by molar-refractivity contribution is 5.98. The van der Waals surface area contributed by atoms with Gasteiger partial charge in [0.25, 0.3) is 5.89 Å². The highest BCUT2D eigenvalue weighted by Crippen LogP contribution is 2.23. The van der Waals surface area contributed by atoms with Crippen LogP contribution >= 0.6 is 0 Å². The lowest BCUT2D eigenvalue weighted by molar-refractivity contribution is 0.0428. The summed E-state index contributed by atoms with van der Waals surface area (Å²) in [6.45, 7) is 5.35. The maximum Gasteiger partial charge on any atom is 0.340 e. The van der Waals surface area contributed by atoms with Gasteiger partial charge in [-0.2, -0.15) is 4.98 Å². The summed E-state index contributed by atoms with van der Waals surface area (Å²) in [6, 6.07) is 7.70. The topological polar surface area (TPSA) is 78.1 Å². The average molecular weight is 297 g/mol. The molecule has 6 heteroatoms. The summed E-state index contributed by atoms with van der Waals surface area (Å²) in [5.41, 5.74) is 2.84. The van der Waals surface area contributed by atoms with Gasteiger partial charge in [-0.05, 0) is 32.4 Å². The molecule has 22 heavy (non-hydrogen) atoms. The third-order valence-corrected chi connectivity index (χ3v) is 3.43. The smallest absolute Gasteiger partial charge is 0.340 e. The fourth-order valence-corrected chi connectivity index (χ4v) is 2.43. The number of aryl methyl sites for hydroxylation is 3. The zero-order valence-corrected chi connectivity index (χ0v) is 12.6. The number of rotatable bonds is 3. The number of para-hydroxylation sites is 1. The van der Waals surface area contributed by atoms with Crippen molar-refractivity contribution in [3.63, 3.8) is 0 Å². The molecule has 0 aliphatic rings. The number of ether oxygens (including phenoxy) is 1. The third-order valence-electron chi connectivity index (χ3n) is 3.43. The first-order valence-electron chi connectivity index (χ1n) is 6.88. The molecule has 6 nitrogen and oxygen atoms in total. The lowest BCUT2D eigenvalue weighted by atomic mass is 10.0. The van der Waals surface area contributed by atoms with E-state index in [1.165, 1.54) is 0 Å². The summed E-state index contributed by atoms with van der Waals surface area (Å²) in [6.07, 6.45) is 0. The van der Waals surface area contributed by atoms with Gasteiger partial charge < -0.3 is 9.26 Å². The van der Waals surface area contributed by atoms with Crippen molar-refractivity contribution in [2.75, 3.05) is 0 Å². The van der Waals surface area contributed by atoms with E-state index in [0.29, 0.717) is 17.1 Å². The molecule has 3 aromatic rings. The second-order valence-electron chi connectivity index (χ2n) is 5.03. The normalized spacial score (nSPS) is 10.9. The van der Waals surface area contributed by atoms with Gasteiger partial charge in [-0.3, -0.25) is 4.98 Å². The van der Waals surface area contributed by atoms with E-state index in [1.807, 2.05) is 31.2 Å². The van der Waals surface area contributed by atoms with Crippen molar-refractivity contribution in [3.05, 3.63) is 52.8 Å². The number of carbonyl (C=O) groups excluding carboxylic acids is 1. The maximum absolute atomic E-state index is 12.4. The number of nitrogens with zero attached hydrogens (tertiary/aromatic N) is 3. The van der Waals surface area contributed by atoms with Gasteiger partial charge in [0.2, 0.25) is 0 Å². The van der Waals surface area contributed by atoms with Crippen molar-refractivity contribution in [2.24, 2.45) is 0 Å². The van der Waals surface area contributed by atoms with Gasteiger partial charge in [-0.15, -0.1) is 0 Å². The van der Waals surface area contributed by atoms with Crippen molar-refractivity contribution >= 4 is 16.9 Å². The predicted octanol–water partition coefficient (Wildman–Crippen LogP) is 2.90. The van der Waals surface area contributed by atoms with Crippen LogP contribution < -0.4 is 0 Å². The Morgan fingerprint density at radius 1 is 1.18 bits per heavy atom. The molecule has 0 unspecified atom stereocenters. The van der Waals surface area contributed by atoms with Gasteiger partial charge in [0.05, 0.1) is 16.8 Å². The molecule has 0 saturated heterocycles. The van der Waals surface area contributed by atoms with Gasteiger partial charge in [-0.25, -0.2) is 4.79 Å². The fourth-order valence-electron chi connectivity index (χ4n) is 2.43. The Hall–Kier alpha value is -2.76. The van der Waals surface area contributed by atoms with Gasteiger partial charge in [0.15, 0.2) is 12.4 Å². The molecule has 0 atom stereocenters. The zero-order chi connectivity index (χ0) is 15.7. The van der Waals surface area contributed by atoms with Crippen molar-refractivity contribution in [1.29, 1.82) is 0 Å². The summed E-state index contributed by atoms with van der Waals surface area (Å²) in [4.78, 5) is 20.8. The van der Waals surface area contributed by atoms with E-state index in [-0.39, 0.29) is 12.5 Å². The van der Waals surface area contributed by atoms with E-state index in [2.05, 4.69) is 15.1 Å². The number of esters is 1. The minimum Gasteiger partial charge on any atom is -0.452 e. The van der Waals surface area contributed by atoms with E-state index >= 15 is 0 Å². The van der Waals surface area contributed by atoms with E-state index in [4.69, 9.17) is 9.26 Å².